The highest BCUT2D eigenvalue weighted by molar-refractivity contribution is 5.82. The summed E-state index contributed by atoms with van der Waals surface area (Å²) in [5.41, 5.74) is 8.65. The summed E-state index contributed by atoms with van der Waals surface area (Å²) in [7, 11) is 0. The molecule has 0 amide bonds. The van der Waals surface area contributed by atoms with E-state index in [0.29, 0.717) is 5.82 Å². The highest BCUT2D eigenvalue weighted by Gasteiger charge is 2.05. The number of pyridine rings is 1. The summed E-state index contributed by atoms with van der Waals surface area (Å²) in [5, 5.41) is 0. The Morgan fingerprint density at radius 1 is 1.07 bits per heavy atom. The summed E-state index contributed by atoms with van der Waals surface area (Å²) in [6.07, 6.45) is 1.68. The van der Waals surface area contributed by atoms with E-state index in [2.05, 4.69) is 11.6 Å². The lowest BCUT2D eigenvalue weighted by Gasteiger charge is -2.07. The Morgan fingerprint density at radius 2 is 1.80 bits per heavy atom. The molecule has 0 unspecified atom stereocenters. The van der Waals surface area contributed by atoms with E-state index in [1.807, 2.05) is 42.5 Å². The summed E-state index contributed by atoms with van der Waals surface area (Å²) in [6, 6.07) is 13.7. The Hall–Kier alpha value is -2.09. The van der Waals surface area contributed by atoms with Crippen LogP contribution in [-0.4, -0.2) is 4.98 Å². The number of anilines is 1. The van der Waals surface area contributed by atoms with Crippen molar-refractivity contribution in [1.82, 2.24) is 4.98 Å². The lowest BCUT2D eigenvalue weighted by Crippen LogP contribution is -1.96. The van der Waals surface area contributed by atoms with Gasteiger partial charge in [-0.25, -0.2) is 4.98 Å². The van der Waals surface area contributed by atoms with Gasteiger partial charge in [-0.05, 0) is 23.3 Å². The average Bonchev–Trinajstić information content (AvgIpc) is 2.30. The van der Waals surface area contributed by atoms with Crippen molar-refractivity contribution in [3.63, 3.8) is 0 Å². The van der Waals surface area contributed by atoms with Crippen LogP contribution >= 0.6 is 0 Å². The lowest BCUT2D eigenvalue weighted by atomic mass is 10.0. The largest absolute Gasteiger partial charge is 0.383 e. The molecule has 1 aromatic heterocycles. The second-order valence-electron chi connectivity index (χ2n) is 3.28. The maximum absolute atomic E-state index is 5.79. The molecule has 0 aliphatic rings. The monoisotopic (exact) mass is 196 g/mol. The van der Waals surface area contributed by atoms with E-state index in [0.717, 1.165) is 16.7 Å². The van der Waals surface area contributed by atoms with Gasteiger partial charge in [0.2, 0.25) is 0 Å². The molecule has 0 fully saturated rings. The first-order chi connectivity index (χ1) is 7.29. The molecule has 0 spiro atoms. The standard InChI is InChI=1S/C13H12N2/c1-10(11-6-3-2-4-7-11)12-8-5-9-15-13(12)14/h2-9H,1H2,(H2,14,15). The Labute approximate surface area is 89.1 Å². The second kappa shape index (κ2) is 3.96. The molecular weight excluding hydrogens is 184 g/mol. The van der Waals surface area contributed by atoms with Gasteiger partial charge in [-0.2, -0.15) is 0 Å². The van der Waals surface area contributed by atoms with Crippen LogP contribution in [0.25, 0.3) is 5.57 Å². The Bertz CT molecular complexity index is 475. The zero-order chi connectivity index (χ0) is 10.7. The smallest absolute Gasteiger partial charge is 0.131 e. The van der Waals surface area contributed by atoms with E-state index >= 15 is 0 Å². The fraction of sp³-hybridized carbons (Fsp3) is 0. The van der Waals surface area contributed by atoms with E-state index in [1.54, 1.807) is 6.20 Å². The average molecular weight is 196 g/mol. The Morgan fingerprint density at radius 3 is 2.47 bits per heavy atom. The van der Waals surface area contributed by atoms with Crippen molar-refractivity contribution in [1.29, 1.82) is 0 Å². The van der Waals surface area contributed by atoms with Gasteiger partial charge < -0.3 is 5.73 Å². The molecular formula is C13H12N2. The van der Waals surface area contributed by atoms with Crippen LogP contribution < -0.4 is 5.73 Å². The predicted molar refractivity (Wildman–Crippen MR) is 63.2 cm³/mol. The fourth-order valence-corrected chi connectivity index (χ4v) is 1.47. The first-order valence-corrected chi connectivity index (χ1v) is 4.74. The van der Waals surface area contributed by atoms with Crippen molar-refractivity contribution in [2.45, 2.75) is 0 Å². The van der Waals surface area contributed by atoms with E-state index in [9.17, 15) is 0 Å². The molecule has 15 heavy (non-hydrogen) atoms. The molecule has 2 rings (SSSR count). The third-order valence-corrected chi connectivity index (χ3v) is 2.29. The molecule has 2 N–H and O–H groups in total. The highest BCUT2D eigenvalue weighted by Crippen LogP contribution is 2.24. The van der Waals surface area contributed by atoms with E-state index in [-0.39, 0.29) is 0 Å². The van der Waals surface area contributed by atoms with Crippen molar-refractivity contribution < 1.29 is 0 Å². The summed E-state index contributed by atoms with van der Waals surface area (Å²) < 4.78 is 0. The van der Waals surface area contributed by atoms with E-state index in [1.165, 1.54) is 0 Å². The van der Waals surface area contributed by atoms with Gasteiger partial charge in [0.1, 0.15) is 5.82 Å². The Balaban J connectivity index is 2.42. The fourth-order valence-electron chi connectivity index (χ4n) is 1.47. The molecule has 0 radical (unpaired) electrons. The van der Waals surface area contributed by atoms with Crippen LogP contribution in [0.1, 0.15) is 11.1 Å². The highest BCUT2D eigenvalue weighted by atomic mass is 14.8. The van der Waals surface area contributed by atoms with Gasteiger partial charge in [-0.1, -0.05) is 36.9 Å². The van der Waals surface area contributed by atoms with Gasteiger partial charge >= 0.3 is 0 Å². The van der Waals surface area contributed by atoms with Crippen LogP contribution in [0, 0.1) is 0 Å². The topological polar surface area (TPSA) is 38.9 Å². The third kappa shape index (κ3) is 1.89. The van der Waals surface area contributed by atoms with Crippen molar-refractivity contribution >= 4 is 11.4 Å². The quantitative estimate of drug-likeness (QED) is 0.802. The normalized spacial score (nSPS) is 9.87. The molecule has 2 nitrogen and oxygen atoms in total. The molecule has 2 aromatic rings. The summed E-state index contributed by atoms with van der Waals surface area (Å²) in [4.78, 5) is 4.04. The maximum atomic E-state index is 5.79. The number of hydrogen-bond acceptors (Lipinski definition) is 2. The first-order valence-electron chi connectivity index (χ1n) is 4.74. The molecule has 0 aliphatic carbocycles. The molecule has 2 heteroatoms. The van der Waals surface area contributed by atoms with Crippen molar-refractivity contribution in [3.8, 4) is 0 Å². The molecule has 0 saturated carbocycles. The SMILES string of the molecule is C=C(c1ccccc1)c1cccnc1N. The van der Waals surface area contributed by atoms with E-state index in [4.69, 9.17) is 5.73 Å². The molecule has 1 aromatic carbocycles. The van der Waals surface area contributed by atoms with Crippen LogP contribution in [0.5, 0.6) is 0 Å². The molecule has 0 saturated heterocycles. The maximum Gasteiger partial charge on any atom is 0.131 e. The number of rotatable bonds is 2. The first kappa shape index (κ1) is 9.46. The Kier molecular flexibility index (Phi) is 2.50. The molecule has 0 atom stereocenters. The van der Waals surface area contributed by atoms with Crippen LogP contribution in [0.15, 0.2) is 55.2 Å². The zero-order valence-electron chi connectivity index (χ0n) is 8.35. The van der Waals surface area contributed by atoms with E-state index < -0.39 is 0 Å². The molecule has 0 aliphatic heterocycles. The number of nitrogens with two attached hydrogens (primary N) is 1. The lowest BCUT2D eigenvalue weighted by molar-refractivity contribution is 1.32. The van der Waals surface area contributed by atoms with Gasteiger partial charge in [0.25, 0.3) is 0 Å². The number of aromatic nitrogens is 1. The molecule has 0 bridgehead atoms. The van der Waals surface area contributed by atoms with Crippen LogP contribution in [0.4, 0.5) is 5.82 Å². The van der Waals surface area contributed by atoms with Crippen LogP contribution in [0.3, 0.4) is 0 Å². The number of nitrogen functional groups attached to an aromatic ring is 1. The summed E-state index contributed by atoms with van der Waals surface area (Å²) in [5.74, 6) is 0.520. The van der Waals surface area contributed by atoms with Gasteiger partial charge in [0.15, 0.2) is 0 Å². The number of nitrogens with zero attached hydrogens (tertiary/aromatic N) is 1. The molecule has 1 heterocycles. The number of hydrogen-bond donors (Lipinski definition) is 1. The van der Waals surface area contributed by atoms with Crippen LogP contribution in [-0.2, 0) is 0 Å². The van der Waals surface area contributed by atoms with Gasteiger partial charge in [-0.3, -0.25) is 0 Å². The van der Waals surface area contributed by atoms with Gasteiger partial charge in [0.05, 0.1) is 0 Å². The van der Waals surface area contributed by atoms with Crippen molar-refractivity contribution in [3.05, 3.63) is 66.4 Å². The van der Waals surface area contributed by atoms with Gasteiger partial charge in [-0.15, -0.1) is 0 Å². The predicted octanol–water partition coefficient (Wildman–Crippen LogP) is 2.73. The molecule has 74 valence electrons. The minimum atomic E-state index is 0.520. The minimum absolute atomic E-state index is 0.520. The van der Waals surface area contributed by atoms with Gasteiger partial charge in [0, 0.05) is 11.8 Å². The zero-order valence-corrected chi connectivity index (χ0v) is 8.35. The van der Waals surface area contributed by atoms with Crippen LogP contribution in [0.2, 0.25) is 0 Å². The second-order valence-corrected chi connectivity index (χ2v) is 3.28. The van der Waals surface area contributed by atoms with Crippen molar-refractivity contribution in [2.75, 3.05) is 5.73 Å². The summed E-state index contributed by atoms with van der Waals surface area (Å²) in [6.45, 7) is 4.04. The number of benzene rings is 1. The minimum Gasteiger partial charge on any atom is -0.383 e. The third-order valence-electron chi connectivity index (χ3n) is 2.29. The van der Waals surface area contributed by atoms with Crippen molar-refractivity contribution in [2.24, 2.45) is 0 Å². The summed E-state index contributed by atoms with van der Waals surface area (Å²) >= 11 is 0.